The van der Waals surface area contributed by atoms with E-state index in [0.717, 1.165) is 16.0 Å². The van der Waals surface area contributed by atoms with Crippen molar-refractivity contribution < 1.29 is 19.4 Å². The molecule has 2 aromatic carbocycles. The maximum Gasteiger partial charge on any atom is 0.308 e. The van der Waals surface area contributed by atoms with Gasteiger partial charge in [-0.2, -0.15) is 0 Å². The van der Waals surface area contributed by atoms with Gasteiger partial charge in [0.1, 0.15) is 5.75 Å². The molecule has 2 aromatic rings. The van der Waals surface area contributed by atoms with Crippen LogP contribution in [0.3, 0.4) is 0 Å². The van der Waals surface area contributed by atoms with Crippen LogP contribution in [-0.2, 0) is 11.2 Å². The molecule has 0 spiro atoms. The normalized spacial score (nSPS) is 11.7. The highest BCUT2D eigenvalue weighted by atomic mass is 32.2. The molecule has 26 heavy (non-hydrogen) atoms. The molecule has 5 nitrogen and oxygen atoms in total. The first-order valence-electron chi connectivity index (χ1n) is 8.23. The van der Waals surface area contributed by atoms with Gasteiger partial charge in [0.05, 0.1) is 13.0 Å². The molecule has 2 N–H and O–H groups in total. The fourth-order valence-corrected chi connectivity index (χ4v) is 3.11. The van der Waals surface area contributed by atoms with Crippen molar-refractivity contribution >= 4 is 23.6 Å². The minimum atomic E-state index is -0.953. The number of carbonyl (C=O) groups is 2. The van der Waals surface area contributed by atoms with E-state index in [1.54, 1.807) is 24.9 Å². The minimum absolute atomic E-state index is 0.0507. The lowest BCUT2D eigenvalue weighted by Gasteiger charge is -2.16. The molecule has 0 aliphatic heterocycles. The summed E-state index contributed by atoms with van der Waals surface area (Å²) in [7, 11) is 1.55. The third-order valence-corrected chi connectivity index (χ3v) is 4.93. The van der Waals surface area contributed by atoms with Crippen molar-refractivity contribution in [1.29, 1.82) is 0 Å². The van der Waals surface area contributed by atoms with Crippen LogP contribution in [0.25, 0.3) is 0 Å². The van der Waals surface area contributed by atoms with Crippen LogP contribution in [0.2, 0.25) is 0 Å². The number of rotatable bonds is 8. The van der Waals surface area contributed by atoms with Crippen molar-refractivity contribution in [3.05, 3.63) is 59.2 Å². The maximum absolute atomic E-state index is 12.5. The van der Waals surface area contributed by atoms with Crippen molar-refractivity contribution in [2.45, 2.75) is 18.2 Å². The highest BCUT2D eigenvalue weighted by Gasteiger charge is 2.21. The van der Waals surface area contributed by atoms with E-state index in [4.69, 9.17) is 4.74 Å². The van der Waals surface area contributed by atoms with Gasteiger partial charge in [-0.3, -0.25) is 9.59 Å². The average Bonchev–Trinajstić information content (AvgIpc) is 2.65. The second-order valence-corrected chi connectivity index (χ2v) is 6.82. The predicted octanol–water partition coefficient (Wildman–Crippen LogP) is 3.40. The number of methoxy groups -OCH3 is 1. The Bertz CT molecular complexity index is 791. The van der Waals surface area contributed by atoms with Gasteiger partial charge in [0.2, 0.25) is 0 Å². The number of benzene rings is 2. The first kappa shape index (κ1) is 19.8. The van der Waals surface area contributed by atoms with Crippen LogP contribution in [0, 0.1) is 12.8 Å². The number of hydrogen-bond donors (Lipinski definition) is 2. The number of para-hydroxylation sites is 1. The summed E-state index contributed by atoms with van der Waals surface area (Å²) >= 11 is 1.56. The molecule has 1 amide bonds. The smallest absolute Gasteiger partial charge is 0.308 e. The Hall–Kier alpha value is -2.47. The zero-order valence-corrected chi connectivity index (χ0v) is 15.9. The summed E-state index contributed by atoms with van der Waals surface area (Å²) in [5.41, 5.74) is 2.23. The number of carboxylic acid groups (broad SMARTS) is 1. The van der Waals surface area contributed by atoms with Crippen molar-refractivity contribution in [2.24, 2.45) is 5.92 Å². The average molecular weight is 373 g/mol. The number of nitrogens with one attached hydrogen (secondary N) is 1. The molecule has 0 saturated heterocycles. The quantitative estimate of drug-likeness (QED) is 0.694. The number of carbonyl (C=O) groups excluding carboxylic acids is 1. The molecule has 0 aliphatic rings. The zero-order chi connectivity index (χ0) is 19.1. The monoisotopic (exact) mass is 373 g/mol. The number of aliphatic carboxylic acids is 1. The third kappa shape index (κ3) is 5.02. The molecule has 0 aliphatic carbocycles. The summed E-state index contributed by atoms with van der Waals surface area (Å²) < 4.78 is 5.28. The Morgan fingerprint density at radius 2 is 1.96 bits per heavy atom. The Morgan fingerprint density at radius 3 is 2.62 bits per heavy atom. The molecule has 6 heteroatoms. The maximum atomic E-state index is 12.5. The Labute approximate surface area is 157 Å². The first-order valence-corrected chi connectivity index (χ1v) is 9.46. The van der Waals surface area contributed by atoms with Gasteiger partial charge >= 0.3 is 5.97 Å². The Balaban J connectivity index is 2.09. The number of aryl methyl sites for hydroxylation is 1. The molecule has 0 radical (unpaired) electrons. The van der Waals surface area contributed by atoms with Gasteiger partial charge < -0.3 is 15.2 Å². The second kappa shape index (κ2) is 9.29. The molecule has 138 valence electrons. The standard InChI is InChI=1S/C20H23NO4S/c1-13-8-9-16(26-3)11-17(13)19(22)21-12-15(20(23)24)10-14-6-4-5-7-18(14)25-2/h4-9,11,15H,10,12H2,1-3H3,(H,21,22)(H,23,24). The number of amides is 1. The molecule has 0 fully saturated rings. The lowest BCUT2D eigenvalue weighted by atomic mass is 9.98. The van der Waals surface area contributed by atoms with Gasteiger partial charge in [-0.15, -0.1) is 11.8 Å². The van der Waals surface area contributed by atoms with Gasteiger partial charge in [-0.1, -0.05) is 24.3 Å². The van der Waals surface area contributed by atoms with Gasteiger partial charge in [0.15, 0.2) is 0 Å². The van der Waals surface area contributed by atoms with Crippen molar-refractivity contribution in [3.8, 4) is 5.75 Å². The van der Waals surface area contributed by atoms with Crippen LogP contribution in [0.15, 0.2) is 47.4 Å². The minimum Gasteiger partial charge on any atom is -0.496 e. The Morgan fingerprint density at radius 1 is 1.23 bits per heavy atom. The summed E-state index contributed by atoms with van der Waals surface area (Å²) in [4.78, 5) is 25.1. The van der Waals surface area contributed by atoms with E-state index >= 15 is 0 Å². The summed E-state index contributed by atoms with van der Waals surface area (Å²) in [5, 5.41) is 12.3. The largest absolute Gasteiger partial charge is 0.496 e. The first-order chi connectivity index (χ1) is 12.5. The summed E-state index contributed by atoms with van der Waals surface area (Å²) in [6, 6.07) is 13.0. The van der Waals surface area contributed by atoms with Gasteiger partial charge in [-0.25, -0.2) is 0 Å². The second-order valence-electron chi connectivity index (χ2n) is 5.94. The number of hydrogen-bond acceptors (Lipinski definition) is 4. The molecule has 0 heterocycles. The van der Waals surface area contributed by atoms with Crippen LogP contribution in [0.5, 0.6) is 5.75 Å². The molecule has 0 saturated carbocycles. The molecule has 2 rings (SSSR count). The highest BCUT2D eigenvalue weighted by molar-refractivity contribution is 7.98. The fourth-order valence-electron chi connectivity index (χ4n) is 2.67. The van der Waals surface area contributed by atoms with E-state index in [0.29, 0.717) is 11.3 Å². The van der Waals surface area contributed by atoms with Crippen LogP contribution in [0.4, 0.5) is 0 Å². The zero-order valence-electron chi connectivity index (χ0n) is 15.1. The number of ether oxygens (including phenoxy) is 1. The van der Waals surface area contributed by atoms with Gasteiger partial charge in [0, 0.05) is 17.0 Å². The molecule has 1 atom stereocenters. The van der Waals surface area contributed by atoms with Crippen molar-refractivity contribution in [1.82, 2.24) is 5.32 Å². The number of thioether (sulfide) groups is 1. The van der Waals surface area contributed by atoms with Crippen molar-refractivity contribution in [3.63, 3.8) is 0 Å². The summed E-state index contributed by atoms with van der Waals surface area (Å²) in [6.07, 6.45) is 2.23. The lowest BCUT2D eigenvalue weighted by molar-refractivity contribution is -0.141. The van der Waals surface area contributed by atoms with E-state index in [1.165, 1.54) is 0 Å². The van der Waals surface area contributed by atoms with E-state index in [2.05, 4.69) is 5.32 Å². The van der Waals surface area contributed by atoms with E-state index in [1.807, 2.05) is 49.6 Å². The third-order valence-electron chi connectivity index (χ3n) is 4.21. The molecular formula is C20H23NO4S. The fraction of sp³-hybridized carbons (Fsp3) is 0.300. The number of carboxylic acids is 1. The molecule has 0 aromatic heterocycles. The van der Waals surface area contributed by atoms with E-state index < -0.39 is 11.9 Å². The summed E-state index contributed by atoms with van der Waals surface area (Å²) in [5.74, 6) is -1.30. The van der Waals surface area contributed by atoms with Gasteiger partial charge in [-0.05, 0) is 48.9 Å². The van der Waals surface area contributed by atoms with Gasteiger partial charge in [0.25, 0.3) is 5.91 Å². The molecule has 1 unspecified atom stereocenters. The van der Waals surface area contributed by atoms with Crippen LogP contribution in [0.1, 0.15) is 21.5 Å². The van der Waals surface area contributed by atoms with Crippen LogP contribution in [-0.4, -0.2) is 36.9 Å². The topological polar surface area (TPSA) is 75.6 Å². The molecule has 0 bridgehead atoms. The lowest BCUT2D eigenvalue weighted by Crippen LogP contribution is -2.34. The van der Waals surface area contributed by atoms with Crippen molar-refractivity contribution in [2.75, 3.05) is 19.9 Å². The predicted molar refractivity (Wildman–Crippen MR) is 103 cm³/mol. The SMILES string of the molecule is COc1ccccc1CC(CNC(=O)c1cc(SC)ccc1C)C(=O)O. The Kier molecular flexibility index (Phi) is 7.09. The highest BCUT2D eigenvalue weighted by Crippen LogP contribution is 2.22. The van der Waals surface area contributed by atoms with E-state index in [9.17, 15) is 14.7 Å². The molecular weight excluding hydrogens is 350 g/mol. The van der Waals surface area contributed by atoms with E-state index in [-0.39, 0.29) is 18.9 Å². The summed E-state index contributed by atoms with van der Waals surface area (Å²) in [6.45, 7) is 1.91. The van der Waals surface area contributed by atoms with Crippen LogP contribution >= 0.6 is 11.8 Å². The van der Waals surface area contributed by atoms with Crippen LogP contribution < -0.4 is 10.1 Å².